The number of hydrogen-bond acceptors (Lipinski definition) is 3. The second-order valence-electron chi connectivity index (χ2n) is 4.51. The molecule has 110 valence electrons. The van der Waals surface area contributed by atoms with E-state index in [1.807, 2.05) is 54.6 Å². The Hall–Kier alpha value is -2.49. The molecule has 0 aliphatic heterocycles. The predicted octanol–water partition coefficient (Wildman–Crippen LogP) is 3.13. The Morgan fingerprint density at radius 2 is 1.62 bits per heavy atom. The molecule has 0 fully saturated rings. The third-order valence-electron chi connectivity index (χ3n) is 3.09. The van der Waals surface area contributed by atoms with Crippen molar-refractivity contribution in [1.29, 1.82) is 0 Å². The van der Waals surface area contributed by atoms with Gasteiger partial charge in [-0.1, -0.05) is 30.3 Å². The Bertz CT molecular complexity index is 584. The lowest BCUT2D eigenvalue weighted by atomic mass is 10.3. The molecule has 2 rings (SSSR count). The zero-order valence-electron chi connectivity index (χ0n) is 12.3. The summed E-state index contributed by atoms with van der Waals surface area (Å²) in [7, 11) is 1.61. The van der Waals surface area contributed by atoms with Crippen LogP contribution >= 0.6 is 0 Å². The maximum absolute atomic E-state index is 11.8. The van der Waals surface area contributed by atoms with Gasteiger partial charge in [0.1, 0.15) is 6.61 Å². The molecular weight excluding hydrogens is 266 g/mol. The molecule has 1 amide bonds. The molecule has 0 atom stereocenters. The molecule has 0 aliphatic carbocycles. The number of benzene rings is 2. The molecule has 0 aromatic heterocycles. The second kappa shape index (κ2) is 7.33. The van der Waals surface area contributed by atoms with Crippen LogP contribution in [-0.2, 0) is 4.79 Å². The van der Waals surface area contributed by atoms with Gasteiger partial charge in [0.05, 0.1) is 13.7 Å². The summed E-state index contributed by atoms with van der Waals surface area (Å²) in [6, 6.07) is 17.0. The van der Waals surface area contributed by atoms with Crippen molar-refractivity contribution in [3.8, 4) is 11.5 Å². The van der Waals surface area contributed by atoms with Crippen LogP contribution < -0.4 is 14.4 Å². The van der Waals surface area contributed by atoms with Gasteiger partial charge in [-0.15, -0.1) is 0 Å². The zero-order valence-corrected chi connectivity index (χ0v) is 12.3. The van der Waals surface area contributed by atoms with Crippen LogP contribution in [-0.4, -0.2) is 26.2 Å². The number of nitrogens with zero attached hydrogens (tertiary/aromatic N) is 1. The Balaban J connectivity index is 1.99. The number of anilines is 1. The molecule has 4 nitrogen and oxygen atoms in total. The first kappa shape index (κ1) is 14.9. The van der Waals surface area contributed by atoms with Gasteiger partial charge in [0.15, 0.2) is 11.5 Å². The summed E-state index contributed by atoms with van der Waals surface area (Å²) in [5, 5.41) is 0. The Morgan fingerprint density at radius 3 is 2.24 bits per heavy atom. The first-order valence-electron chi connectivity index (χ1n) is 6.81. The second-order valence-corrected chi connectivity index (χ2v) is 4.51. The van der Waals surface area contributed by atoms with E-state index < -0.39 is 0 Å². The van der Waals surface area contributed by atoms with Crippen molar-refractivity contribution >= 4 is 11.6 Å². The number of ether oxygens (including phenoxy) is 2. The zero-order chi connectivity index (χ0) is 15.1. The van der Waals surface area contributed by atoms with Gasteiger partial charge < -0.3 is 14.4 Å². The van der Waals surface area contributed by atoms with Gasteiger partial charge in [-0.05, 0) is 24.3 Å². The van der Waals surface area contributed by atoms with Crippen LogP contribution in [0.4, 0.5) is 5.69 Å². The van der Waals surface area contributed by atoms with Crippen LogP contribution in [0.3, 0.4) is 0 Å². The fourth-order valence-electron chi connectivity index (χ4n) is 2.06. The van der Waals surface area contributed by atoms with E-state index in [-0.39, 0.29) is 5.91 Å². The molecule has 0 heterocycles. The largest absolute Gasteiger partial charge is 0.493 e. The average molecular weight is 285 g/mol. The smallest absolute Gasteiger partial charge is 0.223 e. The molecule has 0 spiro atoms. The van der Waals surface area contributed by atoms with E-state index in [1.165, 1.54) is 0 Å². The summed E-state index contributed by atoms with van der Waals surface area (Å²) in [6.07, 6.45) is 0. The Kier molecular flexibility index (Phi) is 5.21. The van der Waals surface area contributed by atoms with Gasteiger partial charge in [-0.2, -0.15) is 0 Å². The molecule has 0 N–H and O–H groups in total. The topological polar surface area (TPSA) is 38.8 Å². The monoisotopic (exact) mass is 285 g/mol. The van der Waals surface area contributed by atoms with Gasteiger partial charge in [-0.25, -0.2) is 0 Å². The van der Waals surface area contributed by atoms with E-state index in [2.05, 4.69) is 0 Å². The van der Waals surface area contributed by atoms with Crippen LogP contribution in [0.5, 0.6) is 11.5 Å². The molecule has 4 heteroatoms. The molecule has 0 bridgehead atoms. The van der Waals surface area contributed by atoms with Gasteiger partial charge in [0, 0.05) is 12.6 Å². The lowest BCUT2D eigenvalue weighted by Gasteiger charge is -2.21. The lowest BCUT2D eigenvalue weighted by molar-refractivity contribution is -0.116. The summed E-state index contributed by atoms with van der Waals surface area (Å²) in [5.41, 5.74) is 0.869. The van der Waals surface area contributed by atoms with Crippen LogP contribution in [0, 0.1) is 0 Å². The van der Waals surface area contributed by atoms with Crippen molar-refractivity contribution in [1.82, 2.24) is 0 Å². The fraction of sp³-hybridized carbons (Fsp3) is 0.235. The van der Waals surface area contributed by atoms with Gasteiger partial charge in [0.25, 0.3) is 0 Å². The van der Waals surface area contributed by atoms with E-state index in [4.69, 9.17) is 9.47 Å². The minimum absolute atomic E-state index is 0.00942. The van der Waals surface area contributed by atoms with Crippen LogP contribution in [0.15, 0.2) is 54.6 Å². The molecule has 21 heavy (non-hydrogen) atoms. The molecule has 0 saturated heterocycles. The summed E-state index contributed by atoms with van der Waals surface area (Å²) < 4.78 is 10.9. The van der Waals surface area contributed by atoms with Crippen molar-refractivity contribution in [3.63, 3.8) is 0 Å². The lowest BCUT2D eigenvalue weighted by Crippen LogP contribution is -2.32. The van der Waals surface area contributed by atoms with Crippen molar-refractivity contribution < 1.29 is 14.3 Å². The SMILES string of the molecule is COc1ccccc1OCCN(C(C)=O)c1ccccc1. The fourth-order valence-corrected chi connectivity index (χ4v) is 2.06. The van der Waals surface area contributed by atoms with Crippen LogP contribution in [0.25, 0.3) is 0 Å². The third-order valence-corrected chi connectivity index (χ3v) is 3.09. The van der Waals surface area contributed by atoms with Crippen LogP contribution in [0.1, 0.15) is 6.92 Å². The highest BCUT2D eigenvalue weighted by atomic mass is 16.5. The van der Waals surface area contributed by atoms with E-state index in [1.54, 1.807) is 18.9 Å². The molecule has 0 saturated carbocycles. The van der Waals surface area contributed by atoms with Crippen LogP contribution in [0.2, 0.25) is 0 Å². The van der Waals surface area contributed by atoms with E-state index >= 15 is 0 Å². The summed E-state index contributed by atoms with van der Waals surface area (Å²) >= 11 is 0. The van der Waals surface area contributed by atoms with Gasteiger partial charge >= 0.3 is 0 Å². The maximum atomic E-state index is 11.8. The predicted molar refractivity (Wildman–Crippen MR) is 83.0 cm³/mol. The number of rotatable bonds is 6. The maximum Gasteiger partial charge on any atom is 0.223 e. The highest BCUT2D eigenvalue weighted by molar-refractivity contribution is 5.91. The number of carbonyl (C=O) groups is 1. The highest BCUT2D eigenvalue weighted by Crippen LogP contribution is 2.25. The third kappa shape index (κ3) is 3.99. The van der Waals surface area contributed by atoms with Crippen molar-refractivity contribution in [3.05, 3.63) is 54.6 Å². The first-order valence-corrected chi connectivity index (χ1v) is 6.81. The van der Waals surface area contributed by atoms with Crippen molar-refractivity contribution in [2.75, 3.05) is 25.2 Å². The minimum Gasteiger partial charge on any atom is -0.493 e. The molecular formula is C17H19NO3. The Morgan fingerprint density at radius 1 is 1.00 bits per heavy atom. The summed E-state index contributed by atoms with van der Waals surface area (Å²) in [4.78, 5) is 13.4. The number of amides is 1. The van der Waals surface area contributed by atoms with Gasteiger partial charge in [-0.3, -0.25) is 4.79 Å². The number of hydrogen-bond donors (Lipinski definition) is 0. The van der Waals surface area contributed by atoms with Crippen molar-refractivity contribution in [2.45, 2.75) is 6.92 Å². The standard InChI is InChI=1S/C17H19NO3/c1-14(19)18(15-8-4-3-5-9-15)12-13-21-17-11-7-6-10-16(17)20-2/h3-11H,12-13H2,1-2H3. The normalized spacial score (nSPS) is 10.0. The van der Waals surface area contributed by atoms with E-state index in [0.29, 0.717) is 24.7 Å². The number of methoxy groups -OCH3 is 1. The molecule has 0 unspecified atom stereocenters. The number of carbonyl (C=O) groups excluding carboxylic acids is 1. The van der Waals surface area contributed by atoms with Gasteiger partial charge in [0.2, 0.25) is 5.91 Å². The summed E-state index contributed by atoms with van der Waals surface area (Å²) in [5.74, 6) is 1.35. The Labute approximate surface area is 124 Å². The number of para-hydroxylation sites is 3. The van der Waals surface area contributed by atoms with E-state index in [0.717, 1.165) is 5.69 Å². The molecule has 2 aromatic rings. The van der Waals surface area contributed by atoms with Crippen molar-refractivity contribution in [2.24, 2.45) is 0 Å². The summed E-state index contributed by atoms with van der Waals surface area (Å²) in [6.45, 7) is 2.43. The highest BCUT2D eigenvalue weighted by Gasteiger charge is 2.11. The quantitative estimate of drug-likeness (QED) is 0.818. The molecule has 2 aromatic carbocycles. The first-order chi connectivity index (χ1) is 10.2. The molecule has 0 radical (unpaired) electrons. The molecule has 0 aliphatic rings. The minimum atomic E-state index is -0.00942. The van der Waals surface area contributed by atoms with E-state index in [9.17, 15) is 4.79 Å². The average Bonchev–Trinajstić information content (AvgIpc) is 2.52.